The second-order valence-corrected chi connectivity index (χ2v) is 5.60. The molecule has 0 bridgehead atoms. The average molecular weight is 320 g/mol. The smallest absolute Gasteiger partial charge is 0.276 e. The van der Waals surface area contributed by atoms with Crippen molar-refractivity contribution in [2.75, 3.05) is 26.8 Å². The Morgan fingerprint density at radius 2 is 2.39 bits per heavy atom. The lowest BCUT2D eigenvalue weighted by Gasteiger charge is -2.32. The monoisotopic (exact) mass is 320 g/mol. The highest BCUT2D eigenvalue weighted by atomic mass is 16.5. The molecule has 2 aromatic heterocycles. The van der Waals surface area contributed by atoms with E-state index in [2.05, 4.69) is 10.3 Å². The van der Waals surface area contributed by atoms with Gasteiger partial charge in [0.25, 0.3) is 5.91 Å². The van der Waals surface area contributed by atoms with Crippen molar-refractivity contribution in [1.82, 2.24) is 19.8 Å². The van der Waals surface area contributed by atoms with Gasteiger partial charge >= 0.3 is 0 Å². The third-order valence-electron chi connectivity index (χ3n) is 3.64. The zero-order valence-electron chi connectivity index (χ0n) is 13.3. The van der Waals surface area contributed by atoms with Gasteiger partial charge in [0.2, 0.25) is 0 Å². The molecular formula is C15H20N4O4. The van der Waals surface area contributed by atoms with E-state index in [1.54, 1.807) is 24.3 Å². The summed E-state index contributed by atoms with van der Waals surface area (Å²) in [6.45, 7) is 4.45. The molecule has 0 N–H and O–H groups in total. The minimum atomic E-state index is -0.152. The lowest BCUT2D eigenvalue weighted by Crippen LogP contribution is -2.47. The molecule has 1 atom stereocenters. The molecule has 0 aliphatic carbocycles. The van der Waals surface area contributed by atoms with Crippen molar-refractivity contribution < 1.29 is 18.8 Å². The highest BCUT2D eigenvalue weighted by Gasteiger charge is 2.27. The Kier molecular flexibility index (Phi) is 4.73. The van der Waals surface area contributed by atoms with Crippen LogP contribution in [0.25, 0.3) is 0 Å². The van der Waals surface area contributed by atoms with E-state index in [0.717, 1.165) is 5.56 Å². The minimum Gasteiger partial charge on any atom is -0.377 e. The molecule has 8 nitrogen and oxygen atoms in total. The largest absolute Gasteiger partial charge is 0.377 e. The number of amides is 1. The Labute approximate surface area is 133 Å². The lowest BCUT2D eigenvalue weighted by atomic mass is 10.2. The molecule has 0 aromatic carbocycles. The molecule has 1 aliphatic rings. The predicted molar refractivity (Wildman–Crippen MR) is 79.8 cm³/mol. The van der Waals surface area contributed by atoms with Crippen molar-refractivity contribution >= 4 is 5.91 Å². The summed E-state index contributed by atoms with van der Waals surface area (Å²) in [5.74, 6) is 0.383. The van der Waals surface area contributed by atoms with E-state index < -0.39 is 0 Å². The number of nitrogens with zero attached hydrogens (tertiary/aromatic N) is 4. The molecule has 124 valence electrons. The maximum Gasteiger partial charge on any atom is 0.276 e. The fraction of sp³-hybridized carbons (Fsp3) is 0.533. The lowest BCUT2D eigenvalue weighted by molar-refractivity contribution is -0.0302. The van der Waals surface area contributed by atoms with Gasteiger partial charge in [-0.05, 0) is 12.5 Å². The van der Waals surface area contributed by atoms with Crippen LogP contribution in [0, 0.1) is 6.92 Å². The third-order valence-corrected chi connectivity index (χ3v) is 3.64. The zero-order chi connectivity index (χ0) is 16.2. The van der Waals surface area contributed by atoms with Crippen LogP contribution in [-0.4, -0.2) is 58.7 Å². The number of carbonyl (C=O) groups excluding carboxylic acids is 1. The van der Waals surface area contributed by atoms with Crippen LogP contribution in [0.5, 0.6) is 0 Å². The second-order valence-electron chi connectivity index (χ2n) is 5.60. The SMILES string of the molecule is COCc1cc(C(=O)N2CCOC(Cn3cc(C)cn3)C2)no1. The van der Waals surface area contributed by atoms with Gasteiger partial charge in [0.15, 0.2) is 11.5 Å². The maximum absolute atomic E-state index is 12.5. The first kappa shape index (κ1) is 15.7. The Morgan fingerprint density at radius 3 is 3.13 bits per heavy atom. The van der Waals surface area contributed by atoms with Gasteiger partial charge in [-0.3, -0.25) is 9.48 Å². The number of ether oxygens (including phenoxy) is 2. The molecule has 3 rings (SSSR count). The molecule has 23 heavy (non-hydrogen) atoms. The van der Waals surface area contributed by atoms with Gasteiger partial charge in [0.1, 0.15) is 6.61 Å². The average Bonchev–Trinajstić information content (AvgIpc) is 3.17. The minimum absolute atomic E-state index is 0.0858. The van der Waals surface area contributed by atoms with Crippen LogP contribution in [0.2, 0.25) is 0 Å². The van der Waals surface area contributed by atoms with Gasteiger partial charge in [-0.15, -0.1) is 0 Å². The van der Waals surface area contributed by atoms with E-state index in [1.807, 2.05) is 17.8 Å². The summed E-state index contributed by atoms with van der Waals surface area (Å²) in [4.78, 5) is 14.2. The second kappa shape index (κ2) is 6.93. The number of aromatic nitrogens is 3. The first-order valence-electron chi connectivity index (χ1n) is 7.50. The number of morpholine rings is 1. The van der Waals surface area contributed by atoms with E-state index in [-0.39, 0.29) is 12.0 Å². The van der Waals surface area contributed by atoms with Crippen molar-refractivity contribution in [3.63, 3.8) is 0 Å². The predicted octanol–water partition coefficient (Wildman–Crippen LogP) is 0.867. The van der Waals surface area contributed by atoms with Crippen LogP contribution in [0.4, 0.5) is 0 Å². The van der Waals surface area contributed by atoms with Gasteiger partial charge in [0.05, 0.1) is 25.5 Å². The molecule has 1 unspecified atom stereocenters. The highest BCUT2D eigenvalue weighted by molar-refractivity contribution is 5.92. The van der Waals surface area contributed by atoms with Crippen LogP contribution in [0.15, 0.2) is 23.0 Å². The third kappa shape index (κ3) is 3.77. The summed E-state index contributed by atoms with van der Waals surface area (Å²) >= 11 is 0. The molecule has 1 saturated heterocycles. The van der Waals surface area contributed by atoms with E-state index in [4.69, 9.17) is 14.0 Å². The van der Waals surface area contributed by atoms with Gasteiger partial charge in [-0.2, -0.15) is 5.10 Å². The molecule has 8 heteroatoms. The summed E-state index contributed by atoms with van der Waals surface area (Å²) in [6.07, 6.45) is 3.68. The fourth-order valence-electron chi connectivity index (χ4n) is 2.58. The van der Waals surface area contributed by atoms with Crippen LogP contribution < -0.4 is 0 Å². The van der Waals surface area contributed by atoms with E-state index >= 15 is 0 Å². The molecule has 0 spiro atoms. The first-order chi connectivity index (χ1) is 11.2. The topological polar surface area (TPSA) is 82.6 Å². The Hall–Kier alpha value is -2.19. The Morgan fingerprint density at radius 1 is 1.52 bits per heavy atom. The summed E-state index contributed by atoms with van der Waals surface area (Å²) in [6, 6.07) is 1.62. The number of hydrogen-bond donors (Lipinski definition) is 0. The van der Waals surface area contributed by atoms with Crippen molar-refractivity contribution in [3.05, 3.63) is 35.5 Å². The van der Waals surface area contributed by atoms with Crippen molar-refractivity contribution in [1.29, 1.82) is 0 Å². The number of carbonyl (C=O) groups is 1. The van der Waals surface area contributed by atoms with Gasteiger partial charge in [-0.1, -0.05) is 5.16 Å². The molecule has 1 amide bonds. The molecule has 1 aliphatic heterocycles. The van der Waals surface area contributed by atoms with E-state index in [0.29, 0.717) is 44.3 Å². The van der Waals surface area contributed by atoms with Crippen LogP contribution in [0.1, 0.15) is 21.8 Å². The Balaban J connectivity index is 1.61. The summed E-state index contributed by atoms with van der Waals surface area (Å²) < 4.78 is 17.6. The fourth-order valence-corrected chi connectivity index (χ4v) is 2.58. The maximum atomic E-state index is 12.5. The number of hydrogen-bond acceptors (Lipinski definition) is 6. The van der Waals surface area contributed by atoms with Gasteiger partial charge < -0.3 is 18.9 Å². The molecule has 0 saturated carbocycles. The molecule has 1 fully saturated rings. The quantitative estimate of drug-likeness (QED) is 0.813. The molecule has 2 aromatic rings. The van der Waals surface area contributed by atoms with E-state index in [9.17, 15) is 4.79 Å². The highest BCUT2D eigenvalue weighted by Crippen LogP contribution is 2.13. The zero-order valence-corrected chi connectivity index (χ0v) is 13.3. The van der Waals surface area contributed by atoms with Crippen molar-refractivity contribution in [2.45, 2.75) is 26.2 Å². The standard InChI is InChI=1S/C15H20N4O4/c1-11-6-16-19(7-11)9-13-8-18(3-4-22-13)15(20)14-5-12(10-21-2)23-17-14/h5-7,13H,3-4,8-10H2,1-2H3. The van der Waals surface area contributed by atoms with Crippen molar-refractivity contribution in [3.8, 4) is 0 Å². The van der Waals surface area contributed by atoms with Crippen LogP contribution in [0.3, 0.4) is 0 Å². The molecule has 0 radical (unpaired) electrons. The first-order valence-corrected chi connectivity index (χ1v) is 7.50. The summed E-state index contributed by atoms with van der Waals surface area (Å²) in [5.41, 5.74) is 1.40. The van der Waals surface area contributed by atoms with Crippen LogP contribution in [-0.2, 0) is 22.6 Å². The molecule has 3 heterocycles. The summed E-state index contributed by atoms with van der Waals surface area (Å²) in [7, 11) is 1.56. The van der Waals surface area contributed by atoms with Crippen LogP contribution >= 0.6 is 0 Å². The van der Waals surface area contributed by atoms with Gasteiger partial charge in [-0.25, -0.2) is 0 Å². The Bertz CT molecular complexity index is 666. The number of rotatable bonds is 5. The summed E-state index contributed by atoms with van der Waals surface area (Å²) in [5, 5.41) is 8.07. The normalized spacial score (nSPS) is 18.3. The molecular weight excluding hydrogens is 300 g/mol. The van der Waals surface area contributed by atoms with Crippen molar-refractivity contribution in [2.24, 2.45) is 0 Å². The van der Waals surface area contributed by atoms with Gasteiger partial charge in [0, 0.05) is 32.5 Å². The number of methoxy groups -OCH3 is 1. The van der Waals surface area contributed by atoms with E-state index in [1.165, 1.54) is 0 Å². The number of aryl methyl sites for hydroxylation is 1.